The molecule has 0 fully saturated rings. The van der Waals surface area contributed by atoms with E-state index in [0.29, 0.717) is 13.0 Å². The molecular formula is C13H17N5O3S2. The van der Waals surface area contributed by atoms with E-state index in [-0.39, 0.29) is 15.4 Å². The predicted molar refractivity (Wildman–Crippen MR) is 86.6 cm³/mol. The standard InChI is InChI=1S/C13H17N5O3S2/c1-10(19)16-12-17-18-13(22-12)23(20,21)15-8-3-2-5-11-6-4-7-14-9-11/h4,6-7,9,15H,2-3,5,8H2,1H3,(H,16,17,19). The van der Waals surface area contributed by atoms with Crippen LogP contribution in [0.3, 0.4) is 0 Å². The molecule has 2 heterocycles. The third-order valence-electron chi connectivity index (χ3n) is 2.83. The molecule has 0 radical (unpaired) electrons. The van der Waals surface area contributed by atoms with Gasteiger partial charge in [0.05, 0.1) is 0 Å². The van der Waals surface area contributed by atoms with E-state index in [4.69, 9.17) is 0 Å². The Morgan fingerprint density at radius 1 is 1.30 bits per heavy atom. The molecule has 0 aliphatic heterocycles. The van der Waals surface area contributed by atoms with Gasteiger partial charge in [0.25, 0.3) is 10.0 Å². The van der Waals surface area contributed by atoms with Gasteiger partial charge < -0.3 is 5.32 Å². The molecule has 2 N–H and O–H groups in total. The second-order valence-corrected chi connectivity index (χ2v) is 7.69. The third kappa shape index (κ3) is 5.66. The van der Waals surface area contributed by atoms with Crippen LogP contribution in [0, 0.1) is 0 Å². The van der Waals surface area contributed by atoms with Gasteiger partial charge in [-0.25, -0.2) is 13.1 Å². The van der Waals surface area contributed by atoms with E-state index < -0.39 is 10.0 Å². The molecule has 0 spiro atoms. The van der Waals surface area contributed by atoms with Gasteiger partial charge in [-0.15, -0.1) is 10.2 Å². The molecule has 2 aromatic rings. The summed E-state index contributed by atoms with van der Waals surface area (Å²) in [5.41, 5.74) is 1.12. The average molecular weight is 355 g/mol. The minimum Gasteiger partial charge on any atom is -0.301 e. The minimum absolute atomic E-state index is 0.159. The fourth-order valence-electron chi connectivity index (χ4n) is 1.79. The topological polar surface area (TPSA) is 114 Å². The van der Waals surface area contributed by atoms with E-state index in [9.17, 15) is 13.2 Å². The Morgan fingerprint density at radius 2 is 2.13 bits per heavy atom. The predicted octanol–water partition coefficient (Wildman–Crippen LogP) is 1.19. The number of carbonyl (C=O) groups is 1. The number of pyridine rings is 1. The Morgan fingerprint density at radius 3 is 2.83 bits per heavy atom. The Bertz CT molecular complexity index is 746. The van der Waals surface area contributed by atoms with Gasteiger partial charge in [-0.05, 0) is 30.9 Å². The second kappa shape index (κ2) is 8.09. The van der Waals surface area contributed by atoms with Gasteiger partial charge in [0.2, 0.25) is 15.4 Å². The van der Waals surface area contributed by atoms with Crippen LogP contribution < -0.4 is 10.0 Å². The van der Waals surface area contributed by atoms with Crippen LogP contribution in [0.4, 0.5) is 5.13 Å². The van der Waals surface area contributed by atoms with Crippen molar-refractivity contribution in [2.75, 3.05) is 11.9 Å². The lowest BCUT2D eigenvalue weighted by molar-refractivity contribution is -0.114. The zero-order valence-electron chi connectivity index (χ0n) is 12.5. The van der Waals surface area contributed by atoms with Crippen LogP contribution in [-0.2, 0) is 21.2 Å². The van der Waals surface area contributed by atoms with E-state index in [0.717, 1.165) is 29.7 Å². The first kappa shape index (κ1) is 17.4. The number of sulfonamides is 1. The molecule has 0 bridgehead atoms. The largest absolute Gasteiger partial charge is 0.301 e. The maximum Gasteiger partial charge on any atom is 0.269 e. The molecule has 0 atom stereocenters. The van der Waals surface area contributed by atoms with Crippen molar-refractivity contribution in [1.82, 2.24) is 19.9 Å². The first-order valence-corrected chi connectivity index (χ1v) is 9.27. The van der Waals surface area contributed by atoms with Gasteiger partial charge in [0.15, 0.2) is 0 Å². The molecule has 124 valence electrons. The number of hydrogen-bond donors (Lipinski definition) is 2. The summed E-state index contributed by atoms with van der Waals surface area (Å²) in [7, 11) is -3.69. The van der Waals surface area contributed by atoms with Crippen molar-refractivity contribution in [3.8, 4) is 0 Å². The minimum atomic E-state index is -3.69. The molecule has 0 saturated heterocycles. The number of anilines is 1. The van der Waals surface area contributed by atoms with Gasteiger partial charge in [-0.3, -0.25) is 9.78 Å². The van der Waals surface area contributed by atoms with E-state index in [1.165, 1.54) is 6.92 Å². The van der Waals surface area contributed by atoms with Gasteiger partial charge in [0, 0.05) is 25.9 Å². The number of aromatic nitrogens is 3. The van der Waals surface area contributed by atoms with Crippen LogP contribution >= 0.6 is 11.3 Å². The number of rotatable bonds is 8. The van der Waals surface area contributed by atoms with Crippen LogP contribution in [0.25, 0.3) is 0 Å². The lowest BCUT2D eigenvalue weighted by Gasteiger charge is -2.03. The number of nitrogens with zero attached hydrogens (tertiary/aromatic N) is 3. The van der Waals surface area contributed by atoms with E-state index in [1.807, 2.05) is 12.1 Å². The first-order chi connectivity index (χ1) is 11.0. The fraction of sp³-hybridized carbons (Fsp3) is 0.385. The molecular weight excluding hydrogens is 338 g/mol. The Labute approximate surface area is 138 Å². The van der Waals surface area contributed by atoms with Crippen molar-refractivity contribution in [2.45, 2.75) is 30.5 Å². The smallest absolute Gasteiger partial charge is 0.269 e. The van der Waals surface area contributed by atoms with Crippen LogP contribution in [-0.4, -0.2) is 36.1 Å². The van der Waals surface area contributed by atoms with Gasteiger partial charge >= 0.3 is 0 Å². The summed E-state index contributed by atoms with van der Waals surface area (Å²) in [6.07, 6.45) is 5.91. The molecule has 0 unspecified atom stereocenters. The van der Waals surface area contributed by atoms with E-state index in [1.54, 1.807) is 12.4 Å². The summed E-state index contributed by atoms with van der Waals surface area (Å²) in [4.78, 5) is 14.9. The monoisotopic (exact) mass is 355 g/mol. The first-order valence-electron chi connectivity index (χ1n) is 6.97. The van der Waals surface area contributed by atoms with Gasteiger partial charge in [-0.2, -0.15) is 0 Å². The molecule has 0 aliphatic rings. The lowest BCUT2D eigenvalue weighted by Crippen LogP contribution is -2.24. The molecule has 2 rings (SSSR count). The highest BCUT2D eigenvalue weighted by Crippen LogP contribution is 2.19. The summed E-state index contributed by atoms with van der Waals surface area (Å²) in [5, 5.41) is 9.76. The average Bonchev–Trinajstić information content (AvgIpc) is 2.96. The molecule has 10 heteroatoms. The highest BCUT2D eigenvalue weighted by molar-refractivity contribution is 7.91. The van der Waals surface area contributed by atoms with E-state index in [2.05, 4.69) is 25.2 Å². The molecule has 0 aliphatic carbocycles. The van der Waals surface area contributed by atoms with Crippen molar-refractivity contribution in [2.24, 2.45) is 0 Å². The zero-order chi connectivity index (χ0) is 16.7. The zero-order valence-corrected chi connectivity index (χ0v) is 14.2. The Balaban J connectivity index is 1.77. The lowest BCUT2D eigenvalue weighted by atomic mass is 10.1. The van der Waals surface area contributed by atoms with Crippen molar-refractivity contribution >= 4 is 32.4 Å². The van der Waals surface area contributed by atoms with Crippen LogP contribution in [0.1, 0.15) is 25.3 Å². The van der Waals surface area contributed by atoms with Crippen molar-refractivity contribution < 1.29 is 13.2 Å². The molecule has 2 aromatic heterocycles. The maximum atomic E-state index is 12.0. The Hall–Kier alpha value is -1.91. The summed E-state index contributed by atoms with van der Waals surface area (Å²) in [6.45, 7) is 1.63. The number of hydrogen-bond acceptors (Lipinski definition) is 7. The second-order valence-electron chi connectivity index (χ2n) is 4.77. The summed E-state index contributed by atoms with van der Waals surface area (Å²) < 4.78 is 26.4. The summed E-state index contributed by atoms with van der Waals surface area (Å²) in [5.74, 6) is -0.326. The number of nitrogens with one attached hydrogen (secondary N) is 2. The highest BCUT2D eigenvalue weighted by Gasteiger charge is 2.19. The molecule has 8 nitrogen and oxygen atoms in total. The van der Waals surface area contributed by atoms with Crippen LogP contribution in [0.2, 0.25) is 0 Å². The molecule has 1 amide bonds. The van der Waals surface area contributed by atoms with Crippen LogP contribution in [0.15, 0.2) is 28.9 Å². The third-order valence-corrected chi connectivity index (χ3v) is 5.49. The van der Waals surface area contributed by atoms with Crippen molar-refractivity contribution in [3.63, 3.8) is 0 Å². The Kier molecular flexibility index (Phi) is 6.13. The maximum absolute atomic E-state index is 12.0. The molecule has 23 heavy (non-hydrogen) atoms. The fourth-order valence-corrected chi connectivity index (χ4v) is 3.85. The van der Waals surface area contributed by atoms with Crippen molar-refractivity contribution in [3.05, 3.63) is 30.1 Å². The number of carbonyl (C=O) groups excluding carboxylic acids is 1. The van der Waals surface area contributed by atoms with Gasteiger partial charge in [0.1, 0.15) is 0 Å². The molecule has 0 aromatic carbocycles. The highest BCUT2D eigenvalue weighted by atomic mass is 32.2. The quantitative estimate of drug-likeness (QED) is 0.543. The SMILES string of the molecule is CC(=O)Nc1nnc(S(=O)(=O)NCCCCc2cccnc2)s1. The summed E-state index contributed by atoms with van der Waals surface area (Å²) in [6, 6.07) is 3.86. The molecule has 0 saturated carbocycles. The number of amides is 1. The normalized spacial score (nSPS) is 11.3. The number of aryl methyl sites for hydroxylation is 1. The van der Waals surface area contributed by atoms with Crippen LogP contribution in [0.5, 0.6) is 0 Å². The van der Waals surface area contributed by atoms with Gasteiger partial charge in [-0.1, -0.05) is 17.4 Å². The van der Waals surface area contributed by atoms with Crippen molar-refractivity contribution in [1.29, 1.82) is 0 Å². The number of unbranched alkanes of at least 4 members (excludes halogenated alkanes) is 1. The van der Waals surface area contributed by atoms with E-state index >= 15 is 0 Å². The summed E-state index contributed by atoms with van der Waals surface area (Å²) >= 11 is 0.816.